The molecular formula is C20H15NO. The fourth-order valence-corrected chi connectivity index (χ4v) is 3.00. The third-order valence-electron chi connectivity index (χ3n) is 4.11. The second-order valence-corrected chi connectivity index (χ2v) is 5.57. The Kier molecular flexibility index (Phi) is 2.83. The van der Waals surface area contributed by atoms with Gasteiger partial charge < -0.3 is 5.11 Å². The van der Waals surface area contributed by atoms with E-state index in [1.807, 2.05) is 36.5 Å². The molecule has 0 saturated heterocycles. The number of aromatic nitrogens is 1. The Balaban J connectivity index is 2.10. The molecule has 0 bridgehead atoms. The summed E-state index contributed by atoms with van der Waals surface area (Å²) in [5, 5.41) is 14.3. The van der Waals surface area contributed by atoms with Crippen molar-refractivity contribution in [2.75, 3.05) is 0 Å². The van der Waals surface area contributed by atoms with E-state index in [-0.39, 0.29) is 0 Å². The highest BCUT2D eigenvalue weighted by molar-refractivity contribution is 6.09. The van der Waals surface area contributed by atoms with Gasteiger partial charge in [0.1, 0.15) is 5.75 Å². The van der Waals surface area contributed by atoms with E-state index >= 15 is 0 Å². The Morgan fingerprint density at radius 2 is 1.59 bits per heavy atom. The molecule has 22 heavy (non-hydrogen) atoms. The number of phenolic OH excluding ortho intramolecular Hbond substituents is 1. The van der Waals surface area contributed by atoms with Crippen molar-refractivity contribution in [2.24, 2.45) is 0 Å². The molecule has 0 atom stereocenters. The van der Waals surface area contributed by atoms with Crippen LogP contribution in [0.3, 0.4) is 0 Å². The first-order valence-electron chi connectivity index (χ1n) is 7.30. The van der Waals surface area contributed by atoms with Crippen molar-refractivity contribution in [1.29, 1.82) is 0 Å². The Bertz CT molecular complexity index is 991. The van der Waals surface area contributed by atoms with Crippen LogP contribution in [-0.4, -0.2) is 10.1 Å². The van der Waals surface area contributed by atoms with Gasteiger partial charge in [-0.15, -0.1) is 0 Å². The molecule has 1 aromatic heterocycles. The molecule has 0 radical (unpaired) electrons. The molecule has 0 amide bonds. The zero-order valence-corrected chi connectivity index (χ0v) is 12.2. The lowest BCUT2D eigenvalue weighted by atomic mass is 9.95. The average Bonchev–Trinajstić information content (AvgIpc) is 2.55. The van der Waals surface area contributed by atoms with Gasteiger partial charge in [-0.3, -0.25) is 4.98 Å². The lowest BCUT2D eigenvalue weighted by Gasteiger charge is -2.10. The molecular weight excluding hydrogens is 270 g/mol. The molecule has 4 aromatic rings. The van der Waals surface area contributed by atoms with E-state index < -0.39 is 0 Å². The van der Waals surface area contributed by atoms with E-state index in [0.29, 0.717) is 5.75 Å². The van der Waals surface area contributed by atoms with Gasteiger partial charge in [-0.05, 0) is 64.4 Å². The normalized spacial score (nSPS) is 11.1. The van der Waals surface area contributed by atoms with Gasteiger partial charge in [0.2, 0.25) is 0 Å². The monoisotopic (exact) mass is 285 g/mol. The third kappa shape index (κ3) is 2.01. The number of benzene rings is 3. The largest absolute Gasteiger partial charge is 0.508 e. The molecule has 0 aliphatic rings. The number of fused-ring (bicyclic) bond motifs is 3. The molecule has 1 N–H and O–H groups in total. The highest BCUT2D eigenvalue weighted by Gasteiger charge is 2.08. The van der Waals surface area contributed by atoms with Crippen molar-refractivity contribution in [2.45, 2.75) is 6.92 Å². The van der Waals surface area contributed by atoms with Crippen LogP contribution in [0.1, 0.15) is 5.56 Å². The van der Waals surface area contributed by atoms with Gasteiger partial charge in [0.25, 0.3) is 0 Å². The van der Waals surface area contributed by atoms with Gasteiger partial charge in [-0.1, -0.05) is 30.3 Å². The zero-order chi connectivity index (χ0) is 15.1. The van der Waals surface area contributed by atoms with E-state index in [1.165, 1.54) is 10.9 Å². The molecule has 0 aliphatic heterocycles. The van der Waals surface area contributed by atoms with Crippen LogP contribution in [0.5, 0.6) is 5.75 Å². The van der Waals surface area contributed by atoms with Crippen molar-refractivity contribution < 1.29 is 5.11 Å². The Morgan fingerprint density at radius 3 is 2.41 bits per heavy atom. The third-order valence-corrected chi connectivity index (χ3v) is 4.11. The topological polar surface area (TPSA) is 33.1 Å². The first-order valence-corrected chi connectivity index (χ1v) is 7.30. The summed E-state index contributed by atoms with van der Waals surface area (Å²) in [7, 11) is 0. The number of pyridine rings is 1. The Hall–Kier alpha value is -2.87. The van der Waals surface area contributed by atoms with Crippen LogP contribution in [0.25, 0.3) is 32.8 Å². The number of aromatic hydroxyl groups is 1. The minimum absolute atomic E-state index is 0.292. The predicted octanol–water partition coefficient (Wildman–Crippen LogP) is 5.07. The van der Waals surface area contributed by atoms with Gasteiger partial charge in [0.05, 0.1) is 5.69 Å². The highest BCUT2D eigenvalue weighted by atomic mass is 16.3. The van der Waals surface area contributed by atoms with Crippen molar-refractivity contribution in [3.8, 4) is 17.0 Å². The number of rotatable bonds is 1. The van der Waals surface area contributed by atoms with E-state index in [0.717, 1.165) is 27.4 Å². The molecule has 3 aromatic carbocycles. The summed E-state index contributed by atoms with van der Waals surface area (Å²) >= 11 is 0. The quantitative estimate of drug-likeness (QED) is 0.495. The van der Waals surface area contributed by atoms with E-state index in [1.54, 1.807) is 6.07 Å². The summed E-state index contributed by atoms with van der Waals surface area (Å²) in [6, 6.07) is 20.0. The summed E-state index contributed by atoms with van der Waals surface area (Å²) in [6.07, 6.45) is 1.81. The fourth-order valence-electron chi connectivity index (χ4n) is 3.00. The van der Waals surface area contributed by atoms with Crippen molar-refractivity contribution >= 4 is 21.5 Å². The van der Waals surface area contributed by atoms with Gasteiger partial charge in [0.15, 0.2) is 0 Å². The number of hydrogen-bond acceptors (Lipinski definition) is 2. The number of nitrogens with zero attached hydrogens (tertiary/aromatic N) is 1. The maximum absolute atomic E-state index is 9.82. The second-order valence-electron chi connectivity index (χ2n) is 5.57. The predicted molar refractivity (Wildman–Crippen MR) is 91.1 cm³/mol. The lowest BCUT2D eigenvalue weighted by molar-refractivity contribution is 0.476. The summed E-state index contributed by atoms with van der Waals surface area (Å²) < 4.78 is 0. The first-order chi connectivity index (χ1) is 10.7. The molecule has 0 spiro atoms. The van der Waals surface area contributed by atoms with Gasteiger partial charge >= 0.3 is 0 Å². The molecule has 0 saturated carbocycles. The number of phenols is 1. The Morgan fingerprint density at radius 1 is 0.818 bits per heavy atom. The van der Waals surface area contributed by atoms with Crippen molar-refractivity contribution in [3.05, 3.63) is 72.4 Å². The van der Waals surface area contributed by atoms with Crippen LogP contribution in [-0.2, 0) is 0 Å². The zero-order valence-electron chi connectivity index (χ0n) is 12.2. The smallest absolute Gasteiger partial charge is 0.116 e. The Labute approximate surface area is 128 Å². The summed E-state index contributed by atoms with van der Waals surface area (Å²) in [5.41, 5.74) is 3.30. The summed E-state index contributed by atoms with van der Waals surface area (Å²) in [5.74, 6) is 0.292. The average molecular weight is 285 g/mol. The minimum Gasteiger partial charge on any atom is -0.508 e. The van der Waals surface area contributed by atoms with Crippen LogP contribution in [0.2, 0.25) is 0 Å². The minimum atomic E-state index is 0.292. The molecule has 0 aliphatic carbocycles. The summed E-state index contributed by atoms with van der Waals surface area (Å²) in [4.78, 5) is 4.46. The standard InChI is InChI=1S/C20H15NO/c1-13-10-15-6-5-14-7-8-16(22)11-18(14)19(15)12-17(13)20-4-2-3-9-21-20/h2-12,22H,1H3. The van der Waals surface area contributed by atoms with Gasteiger partial charge in [-0.2, -0.15) is 0 Å². The molecule has 106 valence electrons. The van der Waals surface area contributed by atoms with Gasteiger partial charge in [0, 0.05) is 11.8 Å². The van der Waals surface area contributed by atoms with Crippen LogP contribution in [0, 0.1) is 6.92 Å². The molecule has 1 heterocycles. The van der Waals surface area contributed by atoms with Crippen LogP contribution in [0.15, 0.2) is 66.9 Å². The van der Waals surface area contributed by atoms with Crippen molar-refractivity contribution in [3.63, 3.8) is 0 Å². The van der Waals surface area contributed by atoms with Crippen LogP contribution in [0.4, 0.5) is 0 Å². The van der Waals surface area contributed by atoms with E-state index in [9.17, 15) is 5.11 Å². The van der Waals surface area contributed by atoms with Crippen molar-refractivity contribution in [1.82, 2.24) is 4.98 Å². The second kappa shape index (κ2) is 4.85. The summed E-state index contributed by atoms with van der Waals surface area (Å²) in [6.45, 7) is 2.11. The SMILES string of the molecule is Cc1cc2ccc3ccc(O)cc3c2cc1-c1ccccn1. The van der Waals surface area contributed by atoms with E-state index in [4.69, 9.17) is 0 Å². The molecule has 2 nitrogen and oxygen atoms in total. The molecule has 4 rings (SSSR count). The van der Waals surface area contributed by atoms with E-state index in [2.05, 4.69) is 36.2 Å². The number of hydrogen-bond donors (Lipinski definition) is 1. The molecule has 0 unspecified atom stereocenters. The molecule has 0 fully saturated rings. The highest BCUT2D eigenvalue weighted by Crippen LogP contribution is 2.33. The maximum atomic E-state index is 9.82. The van der Waals surface area contributed by atoms with Crippen LogP contribution >= 0.6 is 0 Å². The number of aryl methyl sites for hydroxylation is 1. The van der Waals surface area contributed by atoms with Gasteiger partial charge in [-0.25, -0.2) is 0 Å². The van der Waals surface area contributed by atoms with Crippen LogP contribution < -0.4 is 0 Å². The molecule has 2 heteroatoms. The first kappa shape index (κ1) is 12.8. The fraction of sp³-hybridized carbons (Fsp3) is 0.0500. The lowest BCUT2D eigenvalue weighted by Crippen LogP contribution is -1.88. The maximum Gasteiger partial charge on any atom is 0.116 e.